The molecule has 10 heteroatoms. The molecule has 0 radical (unpaired) electrons. The number of rotatable bonds is 5. The normalized spacial score (nSPS) is 19.3. The van der Waals surface area contributed by atoms with Gasteiger partial charge < -0.3 is 5.32 Å². The van der Waals surface area contributed by atoms with E-state index in [4.69, 9.17) is 11.6 Å². The van der Waals surface area contributed by atoms with Crippen molar-refractivity contribution >= 4 is 28.8 Å². The smallest absolute Gasteiger partial charge is 0.345 e. The van der Waals surface area contributed by atoms with E-state index in [-0.39, 0.29) is 23.1 Å². The molecule has 3 heterocycles. The van der Waals surface area contributed by atoms with Crippen LogP contribution in [0.2, 0.25) is 5.15 Å². The van der Waals surface area contributed by atoms with Gasteiger partial charge in [-0.15, -0.1) is 11.3 Å². The van der Waals surface area contributed by atoms with Crippen LogP contribution in [0.3, 0.4) is 0 Å². The van der Waals surface area contributed by atoms with Crippen LogP contribution in [0.15, 0.2) is 54.9 Å². The minimum Gasteiger partial charge on any atom is -0.345 e. The van der Waals surface area contributed by atoms with Crippen molar-refractivity contribution in [3.05, 3.63) is 70.5 Å². The van der Waals surface area contributed by atoms with Crippen molar-refractivity contribution in [2.45, 2.75) is 24.8 Å². The highest BCUT2D eigenvalue weighted by atomic mass is 35.5. The minimum atomic E-state index is -4.47. The molecule has 2 unspecified atom stereocenters. The van der Waals surface area contributed by atoms with Gasteiger partial charge in [0.25, 0.3) is 5.91 Å². The molecule has 1 amide bonds. The monoisotopic (exact) mass is 452 g/mol. The van der Waals surface area contributed by atoms with Gasteiger partial charge in [-0.05, 0) is 17.7 Å². The van der Waals surface area contributed by atoms with Gasteiger partial charge in [-0.2, -0.15) is 13.2 Å². The van der Waals surface area contributed by atoms with E-state index in [1.807, 2.05) is 6.07 Å². The molecule has 1 aliphatic rings. The highest BCUT2D eigenvalue weighted by Crippen LogP contribution is 2.36. The molecule has 0 spiro atoms. The summed E-state index contributed by atoms with van der Waals surface area (Å²) >= 11 is 7.10. The number of amides is 1. The average Bonchev–Trinajstić information content (AvgIpc) is 3.09. The molecule has 1 N–H and O–H groups in total. The summed E-state index contributed by atoms with van der Waals surface area (Å²) in [5.41, 5.74) is 1.46. The standard InChI is InChI=1S/C20H16ClF3N4OS/c21-17-15(30-19(27-17)13-7-4-8-25-9-13)18(29)26-14-11-28(16(14)20(22,23)24)10-12-5-2-1-3-6-12/h1-9,14,16H,10-11H2,(H,26,29). The Morgan fingerprint density at radius 3 is 2.67 bits per heavy atom. The van der Waals surface area contributed by atoms with E-state index in [2.05, 4.69) is 15.3 Å². The van der Waals surface area contributed by atoms with E-state index in [0.717, 1.165) is 16.9 Å². The molecule has 1 saturated heterocycles. The number of nitrogens with zero attached hydrogens (tertiary/aromatic N) is 3. The van der Waals surface area contributed by atoms with Crippen molar-refractivity contribution in [3.63, 3.8) is 0 Å². The molecule has 2 aromatic heterocycles. The lowest BCUT2D eigenvalue weighted by Gasteiger charge is -2.48. The lowest BCUT2D eigenvalue weighted by Crippen LogP contribution is -2.71. The van der Waals surface area contributed by atoms with E-state index < -0.39 is 24.2 Å². The number of likely N-dealkylation sites (tertiary alicyclic amines) is 1. The van der Waals surface area contributed by atoms with Crippen molar-refractivity contribution in [2.24, 2.45) is 0 Å². The zero-order valence-electron chi connectivity index (χ0n) is 15.4. The van der Waals surface area contributed by atoms with Crippen LogP contribution in [0.4, 0.5) is 13.2 Å². The van der Waals surface area contributed by atoms with Gasteiger partial charge >= 0.3 is 6.18 Å². The summed E-state index contributed by atoms with van der Waals surface area (Å²) in [5, 5.41) is 2.92. The van der Waals surface area contributed by atoms with Gasteiger partial charge in [0.05, 0.1) is 6.04 Å². The first-order valence-electron chi connectivity index (χ1n) is 9.05. The molecule has 1 aromatic carbocycles. The van der Waals surface area contributed by atoms with Crippen LogP contribution in [-0.2, 0) is 6.54 Å². The Labute approximate surface area is 179 Å². The molecular formula is C20H16ClF3N4OS. The molecule has 1 aliphatic heterocycles. The largest absolute Gasteiger partial charge is 0.406 e. The molecule has 5 nitrogen and oxygen atoms in total. The first-order valence-corrected chi connectivity index (χ1v) is 10.2. The van der Waals surface area contributed by atoms with Gasteiger partial charge in [0.1, 0.15) is 15.9 Å². The number of pyridine rings is 1. The number of benzene rings is 1. The number of hydrogen-bond donors (Lipinski definition) is 1. The zero-order chi connectivity index (χ0) is 21.3. The Kier molecular flexibility index (Phi) is 5.77. The highest BCUT2D eigenvalue weighted by molar-refractivity contribution is 7.17. The second-order valence-corrected chi connectivity index (χ2v) is 8.22. The Hall–Kier alpha value is -2.49. The molecule has 3 aromatic rings. The Balaban J connectivity index is 1.47. The second-order valence-electron chi connectivity index (χ2n) is 6.86. The molecule has 0 aliphatic carbocycles. The SMILES string of the molecule is O=C(NC1CN(Cc2ccccc2)C1C(F)(F)F)c1sc(-c2cccnc2)nc1Cl. The maximum atomic E-state index is 13.6. The number of carbonyl (C=O) groups is 1. The molecule has 0 saturated carbocycles. The Morgan fingerprint density at radius 2 is 2.00 bits per heavy atom. The van der Waals surface area contributed by atoms with E-state index in [1.165, 1.54) is 4.90 Å². The van der Waals surface area contributed by atoms with E-state index >= 15 is 0 Å². The van der Waals surface area contributed by atoms with Crippen LogP contribution in [-0.4, -0.2) is 45.6 Å². The Bertz CT molecular complexity index is 1030. The third-order valence-corrected chi connectivity index (χ3v) is 6.28. The first-order chi connectivity index (χ1) is 14.3. The fourth-order valence-corrected chi connectivity index (χ4v) is 4.60. The van der Waals surface area contributed by atoms with Gasteiger partial charge in [0.2, 0.25) is 0 Å². The molecular weight excluding hydrogens is 437 g/mol. The molecule has 4 rings (SSSR count). The average molecular weight is 453 g/mol. The van der Waals surface area contributed by atoms with Crippen LogP contribution in [0, 0.1) is 0 Å². The van der Waals surface area contributed by atoms with E-state index in [1.54, 1.807) is 48.8 Å². The zero-order valence-corrected chi connectivity index (χ0v) is 17.0. The third-order valence-electron chi connectivity index (χ3n) is 4.79. The summed E-state index contributed by atoms with van der Waals surface area (Å²) < 4.78 is 40.9. The van der Waals surface area contributed by atoms with Gasteiger partial charge in [0, 0.05) is 31.0 Å². The van der Waals surface area contributed by atoms with Crippen LogP contribution >= 0.6 is 22.9 Å². The number of halogens is 4. The van der Waals surface area contributed by atoms with Gasteiger partial charge in [-0.3, -0.25) is 14.7 Å². The number of carbonyl (C=O) groups excluding carboxylic acids is 1. The second kappa shape index (κ2) is 8.33. The number of thiazole rings is 1. The number of aromatic nitrogens is 2. The minimum absolute atomic E-state index is 0.0413. The number of alkyl halides is 3. The van der Waals surface area contributed by atoms with Gasteiger partial charge in [-0.1, -0.05) is 41.9 Å². The summed E-state index contributed by atoms with van der Waals surface area (Å²) in [6.45, 7) is 0.251. The van der Waals surface area contributed by atoms with Crippen LogP contribution < -0.4 is 5.32 Å². The fraction of sp³-hybridized carbons (Fsp3) is 0.250. The van der Waals surface area contributed by atoms with Crippen LogP contribution in [0.1, 0.15) is 15.2 Å². The van der Waals surface area contributed by atoms with Crippen molar-refractivity contribution in [1.82, 2.24) is 20.2 Å². The number of hydrogen-bond acceptors (Lipinski definition) is 5. The quantitative estimate of drug-likeness (QED) is 0.623. The summed E-state index contributed by atoms with van der Waals surface area (Å²) in [6.07, 6.45) is -1.30. The summed E-state index contributed by atoms with van der Waals surface area (Å²) in [7, 11) is 0. The van der Waals surface area contributed by atoms with E-state index in [9.17, 15) is 18.0 Å². The lowest BCUT2D eigenvalue weighted by atomic mass is 9.94. The highest BCUT2D eigenvalue weighted by Gasteiger charge is 2.55. The third kappa shape index (κ3) is 4.33. The van der Waals surface area contributed by atoms with Crippen molar-refractivity contribution in [2.75, 3.05) is 6.54 Å². The molecule has 0 bridgehead atoms. The van der Waals surface area contributed by atoms with Crippen molar-refractivity contribution in [1.29, 1.82) is 0 Å². The maximum absolute atomic E-state index is 13.6. The first kappa shape index (κ1) is 20.8. The fourth-order valence-electron chi connectivity index (χ4n) is 3.41. The van der Waals surface area contributed by atoms with E-state index in [0.29, 0.717) is 10.6 Å². The lowest BCUT2D eigenvalue weighted by molar-refractivity contribution is -0.221. The van der Waals surface area contributed by atoms with Crippen LogP contribution in [0.5, 0.6) is 0 Å². The number of nitrogens with one attached hydrogen (secondary N) is 1. The van der Waals surface area contributed by atoms with Gasteiger partial charge in [0.15, 0.2) is 5.15 Å². The predicted octanol–water partition coefficient (Wildman–Crippen LogP) is 4.40. The molecule has 30 heavy (non-hydrogen) atoms. The maximum Gasteiger partial charge on any atom is 0.406 e. The molecule has 2 atom stereocenters. The van der Waals surface area contributed by atoms with Crippen molar-refractivity contribution in [3.8, 4) is 10.6 Å². The van der Waals surface area contributed by atoms with Crippen molar-refractivity contribution < 1.29 is 18.0 Å². The predicted molar refractivity (Wildman–Crippen MR) is 108 cm³/mol. The summed E-state index contributed by atoms with van der Waals surface area (Å²) in [5.74, 6) is -0.661. The van der Waals surface area contributed by atoms with Gasteiger partial charge in [-0.25, -0.2) is 4.98 Å². The molecule has 1 fully saturated rings. The van der Waals surface area contributed by atoms with Crippen LogP contribution in [0.25, 0.3) is 10.6 Å². The molecule has 156 valence electrons. The topological polar surface area (TPSA) is 58.1 Å². The summed E-state index contributed by atoms with van der Waals surface area (Å²) in [4.78, 5) is 22.1. The Morgan fingerprint density at radius 1 is 1.23 bits per heavy atom. The summed E-state index contributed by atoms with van der Waals surface area (Å²) in [6, 6.07) is 9.58.